The van der Waals surface area contributed by atoms with Crippen LogP contribution in [0, 0.1) is 0 Å². The van der Waals surface area contributed by atoms with Crippen LogP contribution in [-0.4, -0.2) is 23.3 Å². The number of ether oxygens (including phenoxy) is 1. The van der Waals surface area contributed by atoms with E-state index in [1.54, 1.807) is 49.4 Å². The third-order valence-electron chi connectivity index (χ3n) is 3.10. The SMILES string of the molecule is CCOc1ccc(C(=O)N/N=C(\C)c2cc(Br)ccc2O)cc1. The number of nitrogens with zero attached hydrogens (tertiary/aromatic N) is 1. The summed E-state index contributed by atoms with van der Waals surface area (Å²) in [5.41, 5.74) is 4.00. The Labute approximate surface area is 143 Å². The highest BCUT2D eigenvalue weighted by Gasteiger charge is 2.08. The first-order valence-corrected chi connectivity index (χ1v) is 7.87. The van der Waals surface area contributed by atoms with E-state index in [1.807, 2.05) is 6.92 Å². The number of hydrazone groups is 1. The van der Waals surface area contributed by atoms with Crippen LogP contribution in [0.2, 0.25) is 0 Å². The molecule has 0 aliphatic rings. The summed E-state index contributed by atoms with van der Waals surface area (Å²) >= 11 is 3.34. The zero-order chi connectivity index (χ0) is 16.8. The smallest absolute Gasteiger partial charge is 0.271 e. The van der Waals surface area contributed by atoms with Gasteiger partial charge in [0.1, 0.15) is 11.5 Å². The Morgan fingerprint density at radius 3 is 2.61 bits per heavy atom. The molecule has 0 saturated carbocycles. The van der Waals surface area contributed by atoms with Gasteiger partial charge in [0.25, 0.3) is 5.91 Å². The van der Waals surface area contributed by atoms with Crippen molar-refractivity contribution in [3.05, 3.63) is 58.1 Å². The molecular formula is C17H17BrN2O3. The summed E-state index contributed by atoms with van der Waals surface area (Å²) in [5, 5.41) is 13.9. The molecule has 0 atom stereocenters. The van der Waals surface area contributed by atoms with Gasteiger partial charge in [-0.1, -0.05) is 15.9 Å². The van der Waals surface area contributed by atoms with Gasteiger partial charge in [-0.2, -0.15) is 5.10 Å². The predicted octanol–water partition coefficient (Wildman–Crippen LogP) is 3.71. The standard InChI is InChI=1S/C17H17BrN2O3/c1-3-23-14-7-4-12(5-8-14)17(22)20-19-11(2)15-10-13(18)6-9-16(15)21/h4-10,21H,3H2,1-2H3,(H,20,22)/b19-11+. The Kier molecular flexibility index (Phi) is 5.76. The molecule has 0 bridgehead atoms. The molecule has 0 aromatic heterocycles. The molecule has 0 heterocycles. The third-order valence-corrected chi connectivity index (χ3v) is 3.59. The highest BCUT2D eigenvalue weighted by molar-refractivity contribution is 9.10. The average molecular weight is 377 g/mol. The zero-order valence-electron chi connectivity index (χ0n) is 12.8. The molecule has 2 aromatic carbocycles. The third kappa shape index (κ3) is 4.56. The molecular weight excluding hydrogens is 360 g/mol. The van der Waals surface area contributed by atoms with E-state index in [-0.39, 0.29) is 11.7 Å². The number of carbonyl (C=O) groups excluding carboxylic acids is 1. The van der Waals surface area contributed by atoms with E-state index in [1.165, 1.54) is 0 Å². The minimum Gasteiger partial charge on any atom is -0.507 e. The first kappa shape index (κ1) is 17.0. The fourth-order valence-corrected chi connectivity index (χ4v) is 2.29. The number of benzene rings is 2. The van der Waals surface area contributed by atoms with Gasteiger partial charge in [-0.25, -0.2) is 5.43 Å². The molecule has 0 radical (unpaired) electrons. The van der Waals surface area contributed by atoms with Gasteiger partial charge in [-0.05, 0) is 56.3 Å². The number of amides is 1. The van der Waals surface area contributed by atoms with Crippen LogP contribution < -0.4 is 10.2 Å². The lowest BCUT2D eigenvalue weighted by Gasteiger charge is -2.06. The van der Waals surface area contributed by atoms with Gasteiger partial charge < -0.3 is 9.84 Å². The topological polar surface area (TPSA) is 70.9 Å². The van der Waals surface area contributed by atoms with Crippen LogP contribution in [0.5, 0.6) is 11.5 Å². The van der Waals surface area contributed by atoms with Crippen LogP contribution >= 0.6 is 15.9 Å². The summed E-state index contributed by atoms with van der Waals surface area (Å²) in [6.45, 7) is 4.18. The van der Waals surface area contributed by atoms with Gasteiger partial charge in [0, 0.05) is 15.6 Å². The van der Waals surface area contributed by atoms with Crippen molar-refractivity contribution in [3.8, 4) is 11.5 Å². The maximum Gasteiger partial charge on any atom is 0.271 e. The summed E-state index contributed by atoms with van der Waals surface area (Å²) in [7, 11) is 0. The fourth-order valence-electron chi connectivity index (χ4n) is 1.93. The van der Waals surface area contributed by atoms with Crippen LogP contribution in [0.1, 0.15) is 29.8 Å². The van der Waals surface area contributed by atoms with E-state index in [9.17, 15) is 9.90 Å². The Morgan fingerprint density at radius 1 is 1.26 bits per heavy atom. The Morgan fingerprint density at radius 2 is 1.96 bits per heavy atom. The van der Waals surface area contributed by atoms with E-state index in [0.29, 0.717) is 29.2 Å². The van der Waals surface area contributed by atoms with E-state index in [0.717, 1.165) is 4.47 Å². The number of halogens is 1. The average Bonchev–Trinajstić information content (AvgIpc) is 2.55. The molecule has 1 amide bonds. The van der Waals surface area contributed by atoms with Crippen molar-refractivity contribution in [1.29, 1.82) is 0 Å². The number of hydrogen-bond acceptors (Lipinski definition) is 4. The molecule has 2 N–H and O–H groups in total. The van der Waals surface area contributed by atoms with E-state index >= 15 is 0 Å². The molecule has 2 aromatic rings. The first-order chi connectivity index (χ1) is 11.0. The molecule has 0 spiro atoms. The summed E-state index contributed by atoms with van der Waals surface area (Å²) in [4.78, 5) is 12.1. The van der Waals surface area contributed by atoms with Gasteiger partial charge in [-0.15, -0.1) is 0 Å². The molecule has 0 aliphatic carbocycles. The van der Waals surface area contributed by atoms with Crippen LogP contribution in [0.15, 0.2) is 52.0 Å². The maximum atomic E-state index is 12.1. The monoisotopic (exact) mass is 376 g/mol. The molecule has 23 heavy (non-hydrogen) atoms. The summed E-state index contributed by atoms with van der Waals surface area (Å²) in [6.07, 6.45) is 0. The second kappa shape index (κ2) is 7.78. The van der Waals surface area contributed by atoms with Gasteiger partial charge in [-0.3, -0.25) is 4.79 Å². The van der Waals surface area contributed by atoms with Crippen molar-refractivity contribution >= 4 is 27.5 Å². The normalized spacial score (nSPS) is 11.2. The number of carbonyl (C=O) groups is 1. The van der Waals surface area contributed by atoms with E-state index in [2.05, 4.69) is 26.5 Å². The number of hydrogen-bond donors (Lipinski definition) is 2. The predicted molar refractivity (Wildman–Crippen MR) is 93.1 cm³/mol. The lowest BCUT2D eigenvalue weighted by Crippen LogP contribution is -2.19. The Bertz CT molecular complexity index is 727. The minimum atomic E-state index is -0.332. The quantitative estimate of drug-likeness (QED) is 0.617. The second-order valence-corrected chi connectivity index (χ2v) is 5.67. The summed E-state index contributed by atoms with van der Waals surface area (Å²) in [5.74, 6) is 0.481. The van der Waals surface area contributed by atoms with Crippen molar-refractivity contribution in [1.82, 2.24) is 5.43 Å². The molecule has 0 fully saturated rings. The van der Waals surface area contributed by atoms with Crippen molar-refractivity contribution in [2.75, 3.05) is 6.61 Å². The molecule has 0 unspecified atom stereocenters. The van der Waals surface area contributed by atoms with Crippen LogP contribution in [0.4, 0.5) is 0 Å². The molecule has 120 valence electrons. The minimum absolute atomic E-state index is 0.102. The highest BCUT2D eigenvalue weighted by Crippen LogP contribution is 2.22. The number of rotatable bonds is 5. The number of aromatic hydroxyl groups is 1. The van der Waals surface area contributed by atoms with Crippen molar-refractivity contribution in [2.24, 2.45) is 5.10 Å². The molecule has 0 aliphatic heterocycles. The summed E-state index contributed by atoms with van der Waals surface area (Å²) in [6, 6.07) is 11.8. The number of phenols is 1. The Hall–Kier alpha value is -2.34. The zero-order valence-corrected chi connectivity index (χ0v) is 14.4. The largest absolute Gasteiger partial charge is 0.507 e. The maximum absolute atomic E-state index is 12.1. The van der Waals surface area contributed by atoms with Crippen LogP contribution in [-0.2, 0) is 0 Å². The summed E-state index contributed by atoms with van der Waals surface area (Å²) < 4.78 is 6.15. The molecule has 0 saturated heterocycles. The lowest BCUT2D eigenvalue weighted by molar-refractivity contribution is 0.0955. The first-order valence-electron chi connectivity index (χ1n) is 7.07. The van der Waals surface area contributed by atoms with E-state index in [4.69, 9.17) is 4.74 Å². The molecule has 6 heteroatoms. The van der Waals surface area contributed by atoms with Gasteiger partial charge in [0.2, 0.25) is 0 Å². The van der Waals surface area contributed by atoms with Gasteiger partial charge in [0.05, 0.1) is 12.3 Å². The molecule has 2 rings (SSSR count). The Balaban J connectivity index is 2.09. The van der Waals surface area contributed by atoms with Crippen molar-refractivity contribution < 1.29 is 14.6 Å². The molecule has 5 nitrogen and oxygen atoms in total. The van der Waals surface area contributed by atoms with Crippen LogP contribution in [0.25, 0.3) is 0 Å². The van der Waals surface area contributed by atoms with E-state index < -0.39 is 0 Å². The van der Waals surface area contributed by atoms with Crippen LogP contribution in [0.3, 0.4) is 0 Å². The fraction of sp³-hybridized carbons (Fsp3) is 0.176. The highest BCUT2D eigenvalue weighted by atomic mass is 79.9. The number of phenolic OH excluding ortho intramolecular Hbond substituents is 1. The van der Waals surface area contributed by atoms with Crippen molar-refractivity contribution in [2.45, 2.75) is 13.8 Å². The van der Waals surface area contributed by atoms with Gasteiger partial charge >= 0.3 is 0 Å². The lowest BCUT2D eigenvalue weighted by atomic mass is 10.1. The second-order valence-electron chi connectivity index (χ2n) is 4.76. The van der Waals surface area contributed by atoms with Crippen molar-refractivity contribution in [3.63, 3.8) is 0 Å². The van der Waals surface area contributed by atoms with Gasteiger partial charge in [0.15, 0.2) is 0 Å². The number of nitrogens with one attached hydrogen (secondary N) is 1.